The van der Waals surface area contributed by atoms with Gasteiger partial charge in [0, 0.05) is 12.4 Å². The van der Waals surface area contributed by atoms with Crippen LogP contribution in [0, 0.1) is 11.3 Å². The first kappa shape index (κ1) is 10.4. The highest BCUT2D eigenvalue weighted by Crippen LogP contribution is 2.27. The molecule has 0 saturated heterocycles. The Morgan fingerprint density at radius 1 is 1.40 bits per heavy atom. The Hall–Kier alpha value is 0.440. The highest BCUT2D eigenvalue weighted by Gasteiger charge is 2.22. The Labute approximate surface area is 72.3 Å². The molecule has 0 fully saturated rings. The second kappa shape index (κ2) is 4.35. The largest absolute Gasteiger partial charge is 0.384 e. The van der Waals surface area contributed by atoms with E-state index in [1.165, 1.54) is 0 Å². The van der Waals surface area contributed by atoms with E-state index >= 15 is 0 Å². The van der Waals surface area contributed by atoms with Gasteiger partial charge in [-0.1, -0.05) is 36.7 Å². The van der Waals surface area contributed by atoms with Crippen LogP contribution in [0.2, 0.25) is 0 Å². The molecule has 0 aromatic rings. The van der Waals surface area contributed by atoms with Gasteiger partial charge in [0.1, 0.15) is 0 Å². The summed E-state index contributed by atoms with van der Waals surface area (Å²) in [6.07, 6.45) is 0. The van der Waals surface area contributed by atoms with Gasteiger partial charge >= 0.3 is 0 Å². The van der Waals surface area contributed by atoms with Crippen LogP contribution in [-0.2, 0) is 4.74 Å². The standard InChI is InChI=1S/C8H17BrO/c1-8(2,3)7(5-9)6-10-4/h7H,5-6H2,1-4H3. The lowest BCUT2D eigenvalue weighted by Crippen LogP contribution is -2.25. The fourth-order valence-electron chi connectivity index (χ4n) is 0.727. The second-order valence-corrected chi connectivity index (χ2v) is 4.32. The molecule has 1 atom stereocenters. The number of rotatable bonds is 3. The number of ether oxygens (including phenoxy) is 1. The lowest BCUT2D eigenvalue weighted by Gasteiger charge is -2.28. The SMILES string of the molecule is COCC(CBr)C(C)(C)C. The lowest BCUT2D eigenvalue weighted by atomic mass is 9.83. The molecule has 0 radical (unpaired) electrons. The number of methoxy groups -OCH3 is 1. The minimum Gasteiger partial charge on any atom is -0.384 e. The van der Waals surface area contributed by atoms with E-state index in [9.17, 15) is 0 Å². The summed E-state index contributed by atoms with van der Waals surface area (Å²) in [6.45, 7) is 7.54. The van der Waals surface area contributed by atoms with Crippen LogP contribution in [0.15, 0.2) is 0 Å². The minimum atomic E-state index is 0.347. The molecule has 2 heteroatoms. The Morgan fingerprint density at radius 3 is 2.00 bits per heavy atom. The van der Waals surface area contributed by atoms with Gasteiger partial charge in [-0.3, -0.25) is 0 Å². The van der Waals surface area contributed by atoms with Crippen LogP contribution < -0.4 is 0 Å². The predicted molar refractivity (Wildman–Crippen MR) is 48.6 cm³/mol. The average molecular weight is 209 g/mol. The summed E-state index contributed by atoms with van der Waals surface area (Å²) >= 11 is 3.47. The molecule has 0 aliphatic carbocycles. The average Bonchev–Trinajstić information content (AvgIpc) is 1.80. The molecule has 0 amide bonds. The molecule has 0 bridgehead atoms. The number of alkyl halides is 1. The first-order chi connectivity index (χ1) is 4.52. The predicted octanol–water partition coefficient (Wildman–Crippen LogP) is 2.69. The van der Waals surface area contributed by atoms with Crippen LogP contribution in [0.5, 0.6) is 0 Å². The molecular weight excluding hydrogens is 192 g/mol. The third kappa shape index (κ3) is 3.57. The van der Waals surface area contributed by atoms with Gasteiger partial charge in [-0.2, -0.15) is 0 Å². The zero-order chi connectivity index (χ0) is 8.20. The van der Waals surface area contributed by atoms with Gasteiger partial charge in [-0.25, -0.2) is 0 Å². The third-order valence-corrected chi connectivity index (χ3v) is 2.56. The molecular formula is C8H17BrO. The quantitative estimate of drug-likeness (QED) is 0.649. The maximum Gasteiger partial charge on any atom is 0.0503 e. The zero-order valence-corrected chi connectivity index (χ0v) is 8.86. The van der Waals surface area contributed by atoms with Gasteiger partial charge in [0.05, 0.1) is 6.61 Å². The molecule has 0 saturated carbocycles. The van der Waals surface area contributed by atoms with E-state index in [-0.39, 0.29) is 0 Å². The monoisotopic (exact) mass is 208 g/mol. The van der Waals surface area contributed by atoms with E-state index in [2.05, 4.69) is 36.7 Å². The molecule has 10 heavy (non-hydrogen) atoms. The first-order valence-electron chi connectivity index (χ1n) is 3.57. The van der Waals surface area contributed by atoms with Gasteiger partial charge in [0.25, 0.3) is 0 Å². The molecule has 0 aromatic carbocycles. The van der Waals surface area contributed by atoms with E-state index in [0.29, 0.717) is 11.3 Å². The normalized spacial score (nSPS) is 15.3. The van der Waals surface area contributed by atoms with Crippen molar-refractivity contribution in [1.29, 1.82) is 0 Å². The summed E-state index contributed by atoms with van der Waals surface area (Å²) in [5.74, 6) is 0.609. The third-order valence-electron chi connectivity index (χ3n) is 1.78. The zero-order valence-electron chi connectivity index (χ0n) is 7.28. The van der Waals surface area contributed by atoms with Gasteiger partial charge in [-0.15, -0.1) is 0 Å². The second-order valence-electron chi connectivity index (χ2n) is 3.67. The number of hydrogen-bond donors (Lipinski definition) is 0. The van der Waals surface area contributed by atoms with E-state index < -0.39 is 0 Å². The maximum absolute atomic E-state index is 5.09. The lowest BCUT2D eigenvalue weighted by molar-refractivity contribution is 0.105. The summed E-state index contributed by atoms with van der Waals surface area (Å²) in [7, 11) is 1.75. The number of hydrogen-bond acceptors (Lipinski definition) is 1. The van der Waals surface area contributed by atoms with E-state index in [1.54, 1.807) is 7.11 Å². The smallest absolute Gasteiger partial charge is 0.0503 e. The Morgan fingerprint density at radius 2 is 1.90 bits per heavy atom. The van der Waals surface area contributed by atoms with Crippen molar-refractivity contribution in [2.24, 2.45) is 11.3 Å². The fourth-order valence-corrected chi connectivity index (χ4v) is 1.89. The van der Waals surface area contributed by atoms with Crippen LogP contribution in [-0.4, -0.2) is 19.0 Å². The fraction of sp³-hybridized carbons (Fsp3) is 1.00. The van der Waals surface area contributed by atoms with Crippen molar-refractivity contribution in [3.63, 3.8) is 0 Å². The Balaban J connectivity index is 3.81. The van der Waals surface area contributed by atoms with Crippen molar-refractivity contribution >= 4 is 15.9 Å². The summed E-state index contributed by atoms with van der Waals surface area (Å²) in [6, 6.07) is 0. The molecule has 1 unspecified atom stereocenters. The Kier molecular flexibility index (Phi) is 4.54. The summed E-state index contributed by atoms with van der Waals surface area (Å²) in [5, 5.41) is 1.02. The highest BCUT2D eigenvalue weighted by molar-refractivity contribution is 9.09. The molecule has 1 nitrogen and oxygen atoms in total. The summed E-state index contributed by atoms with van der Waals surface area (Å²) in [5.41, 5.74) is 0.347. The van der Waals surface area contributed by atoms with E-state index in [4.69, 9.17) is 4.74 Å². The highest BCUT2D eigenvalue weighted by atomic mass is 79.9. The van der Waals surface area contributed by atoms with Crippen molar-refractivity contribution < 1.29 is 4.74 Å². The van der Waals surface area contributed by atoms with E-state index in [1.807, 2.05) is 0 Å². The van der Waals surface area contributed by atoms with Crippen molar-refractivity contribution in [1.82, 2.24) is 0 Å². The van der Waals surface area contributed by atoms with Crippen molar-refractivity contribution in [3.8, 4) is 0 Å². The number of halogens is 1. The van der Waals surface area contributed by atoms with Gasteiger partial charge in [0.2, 0.25) is 0 Å². The summed E-state index contributed by atoms with van der Waals surface area (Å²) < 4.78 is 5.09. The van der Waals surface area contributed by atoms with Gasteiger partial charge < -0.3 is 4.74 Å². The van der Waals surface area contributed by atoms with Crippen molar-refractivity contribution in [3.05, 3.63) is 0 Å². The van der Waals surface area contributed by atoms with Crippen LogP contribution in [0.4, 0.5) is 0 Å². The molecule has 0 aromatic heterocycles. The molecule has 0 spiro atoms. The summed E-state index contributed by atoms with van der Waals surface area (Å²) in [4.78, 5) is 0. The van der Waals surface area contributed by atoms with Crippen molar-refractivity contribution in [2.75, 3.05) is 19.0 Å². The molecule has 0 rings (SSSR count). The van der Waals surface area contributed by atoms with Crippen LogP contribution in [0.25, 0.3) is 0 Å². The molecule has 0 aliphatic rings. The maximum atomic E-state index is 5.09. The van der Waals surface area contributed by atoms with Crippen LogP contribution >= 0.6 is 15.9 Å². The van der Waals surface area contributed by atoms with Crippen LogP contribution in [0.3, 0.4) is 0 Å². The molecule has 0 heterocycles. The van der Waals surface area contributed by atoms with Gasteiger partial charge in [-0.05, 0) is 11.3 Å². The molecule has 0 N–H and O–H groups in total. The molecule has 0 aliphatic heterocycles. The van der Waals surface area contributed by atoms with Gasteiger partial charge in [0.15, 0.2) is 0 Å². The van der Waals surface area contributed by atoms with Crippen LogP contribution in [0.1, 0.15) is 20.8 Å². The molecule has 62 valence electrons. The first-order valence-corrected chi connectivity index (χ1v) is 4.69. The van der Waals surface area contributed by atoms with E-state index in [0.717, 1.165) is 11.9 Å². The topological polar surface area (TPSA) is 9.23 Å². The minimum absolute atomic E-state index is 0.347. The Bertz CT molecular complexity index is 85.7. The van der Waals surface area contributed by atoms with Crippen molar-refractivity contribution in [2.45, 2.75) is 20.8 Å².